The molecule has 2 fully saturated rings. The van der Waals surface area contributed by atoms with Crippen molar-refractivity contribution in [3.05, 3.63) is 34.7 Å². The molecule has 2 aliphatic rings. The molecular formula is C21H28ClN5O3. The van der Waals surface area contributed by atoms with E-state index in [1.807, 2.05) is 15.4 Å². The van der Waals surface area contributed by atoms with Gasteiger partial charge in [-0.1, -0.05) is 30.9 Å². The van der Waals surface area contributed by atoms with E-state index in [2.05, 4.69) is 10.3 Å². The zero-order chi connectivity index (χ0) is 20.9. The van der Waals surface area contributed by atoms with Crippen molar-refractivity contribution in [3.8, 4) is 0 Å². The van der Waals surface area contributed by atoms with E-state index in [9.17, 15) is 9.59 Å². The van der Waals surface area contributed by atoms with Crippen molar-refractivity contribution < 1.29 is 14.3 Å². The number of fused-ring (bicyclic) bond motifs is 1. The van der Waals surface area contributed by atoms with Crippen molar-refractivity contribution in [3.63, 3.8) is 0 Å². The topological polar surface area (TPSA) is 79.2 Å². The minimum atomic E-state index is -0.272. The van der Waals surface area contributed by atoms with Crippen LogP contribution in [0.1, 0.15) is 48.3 Å². The maximum Gasteiger partial charge on any atom is 0.409 e. The lowest BCUT2D eigenvalue weighted by atomic mass is 10.1. The van der Waals surface area contributed by atoms with E-state index < -0.39 is 0 Å². The molecule has 0 radical (unpaired) electrons. The van der Waals surface area contributed by atoms with E-state index in [4.69, 9.17) is 16.3 Å². The number of carbonyl (C=O) groups is 2. The highest BCUT2D eigenvalue weighted by atomic mass is 35.5. The van der Waals surface area contributed by atoms with Crippen LogP contribution in [-0.2, 0) is 11.3 Å². The van der Waals surface area contributed by atoms with Gasteiger partial charge in [-0.15, -0.1) is 0 Å². The van der Waals surface area contributed by atoms with Crippen molar-refractivity contribution in [2.45, 2.75) is 38.6 Å². The molecule has 2 aromatic heterocycles. The van der Waals surface area contributed by atoms with Gasteiger partial charge in [0.1, 0.15) is 12.3 Å². The van der Waals surface area contributed by atoms with Crippen LogP contribution < -0.4 is 5.32 Å². The zero-order valence-electron chi connectivity index (χ0n) is 17.1. The number of nitrogens with zero attached hydrogens (tertiary/aromatic N) is 4. The maximum atomic E-state index is 13.3. The molecule has 8 nitrogen and oxygen atoms in total. The Morgan fingerprint density at radius 2 is 1.90 bits per heavy atom. The summed E-state index contributed by atoms with van der Waals surface area (Å²) in [5.41, 5.74) is 1.98. The van der Waals surface area contributed by atoms with Gasteiger partial charge in [0.15, 0.2) is 5.69 Å². The van der Waals surface area contributed by atoms with Gasteiger partial charge >= 0.3 is 6.09 Å². The predicted molar refractivity (Wildman–Crippen MR) is 114 cm³/mol. The van der Waals surface area contributed by atoms with E-state index in [1.165, 1.54) is 6.42 Å². The molecule has 4 heterocycles. The average molecular weight is 434 g/mol. The van der Waals surface area contributed by atoms with E-state index in [-0.39, 0.29) is 12.0 Å². The first-order valence-electron chi connectivity index (χ1n) is 10.7. The van der Waals surface area contributed by atoms with Crippen molar-refractivity contribution in [2.75, 3.05) is 39.3 Å². The lowest BCUT2D eigenvalue weighted by Crippen LogP contribution is -2.35. The maximum absolute atomic E-state index is 13.3. The van der Waals surface area contributed by atoms with Crippen LogP contribution in [0.2, 0.25) is 5.02 Å². The summed E-state index contributed by atoms with van der Waals surface area (Å²) in [6.45, 7) is 4.23. The summed E-state index contributed by atoms with van der Waals surface area (Å²) in [5.74, 6) is -0.0170. The summed E-state index contributed by atoms with van der Waals surface area (Å²) in [6.07, 6.45) is 7.16. The number of hydrogen-bond donors (Lipinski definition) is 1. The van der Waals surface area contributed by atoms with Gasteiger partial charge in [-0.05, 0) is 25.0 Å². The molecule has 4 rings (SSSR count). The van der Waals surface area contributed by atoms with Crippen LogP contribution in [0.3, 0.4) is 0 Å². The molecule has 0 saturated carbocycles. The van der Waals surface area contributed by atoms with Crippen LogP contribution in [0.4, 0.5) is 4.79 Å². The quantitative estimate of drug-likeness (QED) is 0.708. The molecule has 0 unspecified atom stereocenters. The number of hydrogen-bond acceptors (Lipinski definition) is 5. The van der Waals surface area contributed by atoms with Gasteiger partial charge in [0.2, 0.25) is 0 Å². The van der Waals surface area contributed by atoms with Crippen LogP contribution in [0.5, 0.6) is 0 Å². The number of amides is 2. The molecule has 30 heavy (non-hydrogen) atoms. The number of cyclic esters (lactones) is 1. The summed E-state index contributed by atoms with van der Waals surface area (Å²) >= 11 is 6.21. The fraction of sp³-hybridized carbons (Fsp3) is 0.571. The Kier molecular flexibility index (Phi) is 6.74. The first kappa shape index (κ1) is 20.9. The van der Waals surface area contributed by atoms with Gasteiger partial charge in [-0.3, -0.25) is 4.79 Å². The number of nitrogens with one attached hydrogen (secondary N) is 1. The van der Waals surface area contributed by atoms with Gasteiger partial charge in [0, 0.05) is 38.9 Å². The first-order chi connectivity index (χ1) is 14.6. The van der Waals surface area contributed by atoms with Gasteiger partial charge < -0.3 is 24.3 Å². The zero-order valence-corrected chi connectivity index (χ0v) is 17.9. The van der Waals surface area contributed by atoms with Crippen LogP contribution >= 0.6 is 11.6 Å². The smallest absolute Gasteiger partial charge is 0.409 e. The van der Waals surface area contributed by atoms with E-state index in [0.717, 1.165) is 44.5 Å². The molecule has 2 saturated heterocycles. The van der Waals surface area contributed by atoms with Gasteiger partial charge in [-0.2, -0.15) is 0 Å². The summed E-state index contributed by atoms with van der Waals surface area (Å²) in [7, 11) is 0. The van der Waals surface area contributed by atoms with Crippen LogP contribution in [-0.4, -0.2) is 70.5 Å². The van der Waals surface area contributed by atoms with Crippen LogP contribution in [0.15, 0.2) is 18.3 Å². The molecule has 0 atom stereocenters. The van der Waals surface area contributed by atoms with E-state index in [0.29, 0.717) is 49.1 Å². The minimum Gasteiger partial charge on any atom is -0.448 e. The molecule has 162 valence electrons. The molecule has 0 spiro atoms. The fourth-order valence-electron chi connectivity index (χ4n) is 4.06. The monoisotopic (exact) mass is 433 g/mol. The molecular weight excluding hydrogens is 406 g/mol. The summed E-state index contributed by atoms with van der Waals surface area (Å²) < 4.78 is 6.84. The second kappa shape index (κ2) is 9.66. The number of rotatable bonds is 6. The third kappa shape index (κ3) is 4.70. The number of aromatic nitrogens is 2. The summed E-state index contributed by atoms with van der Waals surface area (Å²) in [4.78, 5) is 33.2. The van der Waals surface area contributed by atoms with Crippen LogP contribution in [0.25, 0.3) is 5.65 Å². The second-order valence-corrected chi connectivity index (χ2v) is 8.26. The minimum absolute atomic E-state index is 0.0170. The van der Waals surface area contributed by atoms with Gasteiger partial charge in [0.25, 0.3) is 5.91 Å². The molecule has 2 aromatic rings. The Hall–Kier alpha value is -2.32. The standard InChI is InChI=1S/C21H28ClN5O3/c22-16-6-7-18-24-19(20(28)25-9-4-2-1-3-5-10-25)17(27(18)15-16)14-23-8-11-26-12-13-30-21(26)29/h6-7,15,23H,1-5,8-14H2. The number of imidazole rings is 1. The highest BCUT2D eigenvalue weighted by Gasteiger charge is 2.25. The third-order valence-electron chi connectivity index (χ3n) is 5.72. The Morgan fingerprint density at radius 1 is 1.13 bits per heavy atom. The molecule has 2 aliphatic heterocycles. The van der Waals surface area contributed by atoms with E-state index >= 15 is 0 Å². The molecule has 2 amide bonds. The molecule has 0 aliphatic carbocycles. The van der Waals surface area contributed by atoms with Crippen molar-refractivity contribution in [1.82, 2.24) is 24.5 Å². The Morgan fingerprint density at radius 3 is 2.63 bits per heavy atom. The third-order valence-corrected chi connectivity index (χ3v) is 5.95. The Bertz CT molecular complexity index is 907. The number of likely N-dealkylation sites (tertiary alicyclic amines) is 1. The highest BCUT2D eigenvalue weighted by Crippen LogP contribution is 2.20. The van der Waals surface area contributed by atoms with Crippen molar-refractivity contribution in [2.24, 2.45) is 0 Å². The lowest BCUT2D eigenvalue weighted by Gasteiger charge is -2.24. The molecule has 1 N–H and O–H groups in total. The van der Waals surface area contributed by atoms with E-state index in [1.54, 1.807) is 17.2 Å². The predicted octanol–water partition coefficient (Wildman–Crippen LogP) is 2.94. The number of halogens is 1. The largest absolute Gasteiger partial charge is 0.448 e. The molecule has 0 bridgehead atoms. The number of ether oxygens (including phenoxy) is 1. The molecule has 9 heteroatoms. The molecule has 0 aromatic carbocycles. The average Bonchev–Trinajstić information content (AvgIpc) is 3.27. The normalized spacial score (nSPS) is 17.8. The number of pyridine rings is 1. The van der Waals surface area contributed by atoms with Crippen molar-refractivity contribution >= 4 is 29.2 Å². The van der Waals surface area contributed by atoms with Crippen LogP contribution in [0, 0.1) is 0 Å². The van der Waals surface area contributed by atoms with Gasteiger partial charge in [-0.25, -0.2) is 9.78 Å². The number of carbonyl (C=O) groups excluding carboxylic acids is 2. The Balaban J connectivity index is 1.51. The second-order valence-electron chi connectivity index (χ2n) is 7.82. The first-order valence-corrected chi connectivity index (χ1v) is 11.1. The summed E-state index contributed by atoms with van der Waals surface area (Å²) in [6, 6.07) is 3.61. The lowest BCUT2D eigenvalue weighted by molar-refractivity contribution is 0.0735. The highest BCUT2D eigenvalue weighted by molar-refractivity contribution is 6.30. The Labute approximate surface area is 181 Å². The summed E-state index contributed by atoms with van der Waals surface area (Å²) in [5, 5.41) is 3.93. The van der Waals surface area contributed by atoms with Gasteiger partial charge in [0.05, 0.1) is 17.3 Å². The fourth-order valence-corrected chi connectivity index (χ4v) is 4.22. The SMILES string of the molecule is O=C1OCCN1CCNCc1c(C(=O)N2CCCCCCC2)nc2ccc(Cl)cn12. The van der Waals surface area contributed by atoms with Crippen molar-refractivity contribution in [1.29, 1.82) is 0 Å².